The van der Waals surface area contributed by atoms with Crippen LogP contribution in [0.2, 0.25) is 0 Å². The van der Waals surface area contributed by atoms with Crippen LogP contribution in [0, 0.1) is 0 Å². The smallest absolute Gasteiger partial charge is 0.181 e. The minimum atomic E-state index is -0.444. The van der Waals surface area contributed by atoms with Crippen molar-refractivity contribution in [2.24, 2.45) is 0 Å². The number of aliphatic hydroxyl groups is 1. The minimum Gasteiger partial charge on any atom is -0.388 e. The van der Waals surface area contributed by atoms with E-state index in [1.165, 1.54) is 28.3 Å². The number of fused-ring (bicyclic) bond motifs is 1. The molecule has 3 heteroatoms. The molecule has 0 aliphatic heterocycles. The number of hydrogen-bond acceptors (Lipinski definition) is 3. The first-order valence-corrected chi connectivity index (χ1v) is 9.02. The second-order valence-electron chi connectivity index (χ2n) is 6.78. The van der Waals surface area contributed by atoms with Crippen LogP contribution in [-0.2, 0) is 17.8 Å². The Bertz CT molecular complexity index is 818. The standard InChI is InChI=1S/C23H25NO2/c1-24(15-14-21-12-11-20-4-2-3-5-23(20)21)16-19-8-6-18(7-9-19)10-13-22(26)17-25/h2-10,12-13,25H,11,14-17H2,1H3/b13-10+. The van der Waals surface area contributed by atoms with E-state index < -0.39 is 6.61 Å². The third-order valence-corrected chi connectivity index (χ3v) is 4.74. The molecule has 0 saturated carbocycles. The van der Waals surface area contributed by atoms with Gasteiger partial charge in [-0.2, -0.15) is 0 Å². The van der Waals surface area contributed by atoms with Gasteiger partial charge in [-0.1, -0.05) is 60.7 Å². The Kier molecular flexibility index (Phi) is 6.16. The van der Waals surface area contributed by atoms with Crippen LogP contribution >= 0.6 is 0 Å². The highest BCUT2D eigenvalue weighted by molar-refractivity contribution is 5.94. The zero-order valence-corrected chi connectivity index (χ0v) is 15.2. The molecule has 0 fully saturated rings. The molecule has 1 aliphatic carbocycles. The number of carbonyl (C=O) groups excluding carboxylic acids is 1. The maximum Gasteiger partial charge on any atom is 0.181 e. The number of ketones is 1. The summed E-state index contributed by atoms with van der Waals surface area (Å²) >= 11 is 0. The van der Waals surface area contributed by atoms with Crippen molar-refractivity contribution in [3.05, 3.63) is 82.9 Å². The highest BCUT2D eigenvalue weighted by Crippen LogP contribution is 2.29. The zero-order valence-electron chi connectivity index (χ0n) is 15.2. The molecule has 0 spiro atoms. The van der Waals surface area contributed by atoms with Crippen LogP contribution in [0.4, 0.5) is 0 Å². The Labute approximate surface area is 155 Å². The summed E-state index contributed by atoms with van der Waals surface area (Å²) < 4.78 is 0. The maximum atomic E-state index is 11.1. The molecule has 0 unspecified atom stereocenters. The monoisotopic (exact) mass is 347 g/mol. The first kappa shape index (κ1) is 18.3. The lowest BCUT2D eigenvalue weighted by Gasteiger charge is -2.17. The van der Waals surface area contributed by atoms with Crippen LogP contribution in [0.3, 0.4) is 0 Å². The van der Waals surface area contributed by atoms with Gasteiger partial charge < -0.3 is 10.0 Å². The van der Waals surface area contributed by atoms with Gasteiger partial charge in [0.2, 0.25) is 0 Å². The molecule has 0 saturated heterocycles. The van der Waals surface area contributed by atoms with E-state index in [2.05, 4.69) is 54.4 Å². The fourth-order valence-corrected chi connectivity index (χ4v) is 3.27. The molecule has 1 aliphatic rings. The van der Waals surface area contributed by atoms with E-state index in [0.717, 1.165) is 31.5 Å². The molecule has 0 bridgehead atoms. The molecule has 3 nitrogen and oxygen atoms in total. The number of nitrogens with zero attached hydrogens (tertiary/aromatic N) is 1. The second-order valence-corrected chi connectivity index (χ2v) is 6.78. The predicted octanol–water partition coefficient (Wildman–Crippen LogP) is 3.72. The van der Waals surface area contributed by atoms with E-state index in [-0.39, 0.29) is 5.78 Å². The highest BCUT2D eigenvalue weighted by atomic mass is 16.3. The van der Waals surface area contributed by atoms with Crippen LogP contribution in [0.1, 0.15) is 28.7 Å². The van der Waals surface area contributed by atoms with Crippen molar-refractivity contribution >= 4 is 17.4 Å². The van der Waals surface area contributed by atoms with Gasteiger partial charge in [0, 0.05) is 13.1 Å². The molecule has 0 radical (unpaired) electrons. The van der Waals surface area contributed by atoms with Gasteiger partial charge >= 0.3 is 0 Å². The topological polar surface area (TPSA) is 40.5 Å². The Morgan fingerprint density at radius 1 is 1.15 bits per heavy atom. The average molecular weight is 347 g/mol. The Morgan fingerprint density at radius 2 is 1.92 bits per heavy atom. The van der Waals surface area contributed by atoms with Gasteiger partial charge in [0.05, 0.1) is 0 Å². The van der Waals surface area contributed by atoms with E-state index in [0.29, 0.717) is 0 Å². The number of allylic oxidation sites excluding steroid dienone is 1. The molecule has 0 atom stereocenters. The summed E-state index contributed by atoms with van der Waals surface area (Å²) in [5.74, 6) is -0.281. The van der Waals surface area contributed by atoms with Crippen molar-refractivity contribution in [3.8, 4) is 0 Å². The van der Waals surface area contributed by atoms with Gasteiger partial charge in [-0.25, -0.2) is 0 Å². The number of hydrogen-bond donors (Lipinski definition) is 1. The van der Waals surface area contributed by atoms with E-state index in [9.17, 15) is 4.79 Å². The lowest BCUT2D eigenvalue weighted by molar-refractivity contribution is -0.117. The fourth-order valence-electron chi connectivity index (χ4n) is 3.27. The van der Waals surface area contributed by atoms with Crippen molar-refractivity contribution in [2.75, 3.05) is 20.2 Å². The summed E-state index contributed by atoms with van der Waals surface area (Å²) in [7, 11) is 2.15. The molecule has 2 aromatic rings. The fraction of sp³-hybridized carbons (Fsp3) is 0.261. The minimum absolute atomic E-state index is 0.281. The molecule has 0 aromatic heterocycles. The van der Waals surface area contributed by atoms with E-state index in [1.54, 1.807) is 6.08 Å². The third-order valence-electron chi connectivity index (χ3n) is 4.74. The summed E-state index contributed by atoms with van der Waals surface area (Å²) in [5.41, 5.74) is 6.52. The number of aliphatic hydroxyl groups excluding tert-OH is 1. The molecule has 2 aromatic carbocycles. The summed E-state index contributed by atoms with van der Waals surface area (Å²) in [6, 6.07) is 16.8. The van der Waals surface area contributed by atoms with Crippen molar-refractivity contribution in [3.63, 3.8) is 0 Å². The van der Waals surface area contributed by atoms with E-state index in [1.807, 2.05) is 12.1 Å². The Balaban J connectivity index is 1.50. The predicted molar refractivity (Wildman–Crippen MR) is 107 cm³/mol. The van der Waals surface area contributed by atoms with Crippen LogP contribution < -0.4 is 0 Å². The van der Waals surface area contributed by atoms with Crippen molar-refractivity contribution in [1.29, 1.82) is 0 Å². The summed E-state index contributed by atoms with van der Waals surface area (Å²) in [6.07, 6.45) is 7.62. The van der Waals surface area contributed by atoms with Gasteiger partial charge in [-0.3, -0.25) is 4.79 Å². The quantitative estimate of drug-likeness (QED) is 0.740. The summed E-state index contributed by atoms with van der Waals surface area (Å²) in [6.45, 7) is 1.47. The summed E-state index contributed by atoms with van der Waals surface area (Å²) in [4.78, 5) is 13.4. The first-order valence-electron chi connectivity index (χ1n) is 9.02. The highest BCUT2D eigenvalue weighted by Gasteiger charge is 2.13. The van der Waals surface area contributed by atoms with Crippen LogP contribution in [0.25, 0.3) is 11.6 Å². The van der Waals surface area contributed by atoms with Crippen LogP contribution in [0.15, 0.2) is 60.7 Å². The SMILES string of the molecule is CN(CCC1=CCc2ccccc21)Cc1ccc(/C=C/C(=O)CO)cc1. The molecule has 26 heavy (non-hydrogen) atoms. The first-order chi connectivity index (χ1) is 12.7. The molecule has 3 rings (SSSR count). The van der Waals surface area contributed by atoms with E-state index in [4.69, 9.17) is 5.11 Å². The summed E-state index contributed by atoms with van der Waals surface area (Å²) in [5, 5.41) is 8.73. The molecule has 0 heterocycles. The lowest BCUT2D eigenvalue weighted by Crippen LogP contribution is -2.19. The van der Waals surface area contributed by atoms with Gasteiger partial charge in [-0.15, -0.1) is 0 Å². The molecule has 134 valence electrons. The molecular formula is C23H25NO2. The van der Waals surface area contributed by atoms with Crippen molar-refractivity contribution in [2.45, 2.75) is 19.4 Å². The lowest BCUT2D eigenvalue weighted by atomic mass is 10.0. The zero-order chi connectivity index (χ0) is 18.4. The molecule has 1 N–H and O–H groups in total. The van der Waals surface area contributed by atoms with Gasteiger partial charge in [0.1, 0.15) is 6.61 Å². The second kappa shape index (κ2) is 8.75. The Hall–Kier alpha value is -2.49. The Morgan fingerprint density at radius 3 is 2.69 bits per heavy atom. The van der Waals surface area contributed by atoms with Crippen molar-refractivity contribution < 1.29 is 9.90 Å². The number of carbonyl (C=O) groups is 1. The van der Waals surface area contributed by atoms with E-state index >= 15 is 0 Å². The van der Waals surface area contributed by atoms with Crippen molar-refractivity contribution in [1.82, 2.24) is 4.90 Å². The molecular weight excluding hydrogens is 322 g/mol. The van der Waals surface area contributed by atoms with Crippen LogP contribution in [0.5, 0.6) is 0 Å². The van der Waals surface area contributed by atoms with Crippen LogP contribution in [-0.4, -0.2) is 36.0 Å². The number of benzene rings is 2. The third kappa shape index (κ3) is 4.78. The average Bonchev–Trinajstić information content (AvgIpc) is 3.09. The normalized spacial score (nSPS) is 13.3. The number of rotatable bonds is 8. The largest absolute Gasteiger partial charge is 0.388 e. The maximum absolute atomic E-state index is 11.1. The van der Waals surface area contributed by atoms with Gasteiger partial charge in [0.25, 0.3) is 0 Å². The molecule has 0 amide bonds. The van der Waals surface area contributed by atoms with Gasteiger partial charge in [0.15, 0.2) is 5.78 Å². The van der Waals surface area contributed by atoms with Gasteiger partial charge in [-0.05, 0) is 53.8 Å².